The fourth-order valence-corrected chi connectivity index (χ4v) is 1.67. The van der Waals surface area contributed by atoms with E-state index in [0.29, 0.717) is 11.3 Å². The number of carbonyl (C=O) groups excluding carboxylic acids is 1. The van der Waals surface area contributed by atoms with Crippen molar-refractivity contribution in [1.82, 2.24) is 4.90 Å². The molecule has 0 aromatic heterocycles. The fourth-order valence-electron chi connectivity index (χ4n) is 1.67. The third kappa shape index (κ3) is 5.33. The molecule has 1 amide bonds. The lowest BCUT2D eigenvalue weighted by atomic mass is 10.1. The number of hydrogen-bond donors (Lipinski definition) is 1. The summed E-state index contributed by atoms with van der Waals surface area (Å²) in [6.45, 7) is 5.58. The van der Waals surface area contributed by atoms with Gasteiger partial charge in [-0.2, -0.15) is 0 Å². The molecule has 0 saturated carbocycles. The van der Waals surface area contributed by atoms with Crippen molar-refractivity contribution in [2.45, 2.75) is 32.9 Å². The zero-order valence-corrected chi connectivity index (χ0v) is 13.0. The molecule has 0 heterocycles. The van der Waals surface area contributed by atoms with Crippen LogP contribution in [0, 0.1) is 0 Å². The number of benzene rings is 1. The highest BCUT2D eigenvalue weighted by atomic mass is 16.6. The smallest absolute Gasteiger partial charge is 0.410 e. The quantitative estimate of drug-likeness (QED) is 0.924. The van der Waals surface area contributed by atoms with E-state index in [1.54, 1.807) is 33.9 Å². The van der Waals surface area contributed by atoms with Gasteiger partial charge < -0.3 is 19.5 Å². The van der Waals surface area contributed by atoms with E-state index in [-0.39, 0.29) is 12.1 Å². The highest BCUT2D eigenvalue weighted by Crippen LogP contribution is 2.19. The molecular formula is C15H21NO5. The lowest BCUT2D eigenvalue weighted by Crippen LogP contribution is -2.33. The first kappa shape index (κ1) is 16.8. The first-order valence-corrected chi connectivity index (χ1v) is 6.48. The minimum absolute atomic E-state index is 0.113. The van der Waals surface area contributed by atoms with Crippen LogP contribution in [-0.2, 0) is 11.3 Å². The van der Waals surface area contributed by atoms with Crippen LogP contribution in [-0.4, -0.2) is 41.8 Å². The number of hydrogen-bond acceptors (Lipinski definition) is 4. The van der Waals surface area contributed by atoms with Gasteiger partial charge in [0.25, 0.3) is 0 Å². The number of nitrogens with zero attached hydrogens (tertiary/aromatic N) is 1. The van der Waals surface area contributed by atoms with E-state index in [1.807, 2.05) is 0 Å². The summed E-state index contributed by atoms with van der Waals surface area (Å²) in [4.78, 5) is 24.3. The summed E-state index contributed by atoms with van der Waals surface area (Å²) in [5.41, 5.74) is 0.188. The van der Waals surface area contributed by atoms with Gasteiger partial charge >= 0.3 is 12.1 Å². The maximum absolute atomic E-state index is 11.9. The van der Waals surface area contributed by atoms with Crippen LogP contribution in [0.1, 0.15) is 36.7 Å². The molecule has 0 saturated heterocycles. The van der Waals surface area contributed by atoms with Gasteiger partial charge in [0.1, 0.15) is 11.4 Å². The second-order valence-corrected chi connectivity index (χ2v) is 5.71. The number of rotatable bonds is 4. The number of amides is 1. The second-order valence-electron chi connectivity index (χ2n) is 5.71. The summed E-state index contributed by atoms with van der Waals surface area (Å²) < 4.78 is 10.3. The third-order valence-electron chi connectivity index (χ3n) is 2.57. The maximum atomic E-state index is 11.9. The van der Waals surface area contributed by atoms with Gasteiger partial charge in [0.15, 0.2) is 0 Å². The van der Waals surface area contributed by atoms with Crippen molar-refractivity contribution in [3.8, 4) is 5.75 Å². The molecule has 1 aromatic rings. The summed E-state index contributed by atoms with van der Waals surface area (Å²) in [7, 11) is 3.05. The minimum Gasteiger partial charge on any atom is -0.497 e. The summed E-state index contributed by atoms with van der Waals surface area (Å²) in [6.07, 6.45) is -0.470. The summed E-state index contributed by atoms with van der Waals surface area (Å²) in [5.74, 6) is -0.613. The van der Waals surface area contributed by atoms with Crippen molar-refractivity contribution in [2.24, 2.45) is 0 Å². The van der Waals surface area contributed by atoms with Crippen molar-refractivity contribution in [3.05, 3.63) is 29.3 Å². The van der Waals surface area contributed by atoms with Crippen LogP contribution < -0.4 is 4.74 Å². The van der Waals surface area contributed by atoms with Gasteiger partial charge in [0.05, 0.1) is 12.7 Å². The van der Waals surface area contributed by atoms with Gasteiger partial charge in [0, 0.05) is 13.6 Å². The molecule has 1 N–H and O–H groups in total. The Morgan fingerprint density at radius 2 is 1.86 bits per heavy atom. The van der Waals surface area contributed by atoms with E-state index in [0.717, 1.165) is 0 Å². The first-order chi connectivity index (χ1) is 9.62. The van der Waals surface area contributed by atoms with Crippen LogP contribution >= 0.6 is 0 Å². The van der Waals surface area contributed by atoms with Crippen molar-refractivity contribution in [1.29, 1.82) is 0 Å². The normalized spacial score (nSPS) is 10.9. The van der Waals surface area contributed by atoms with Crippen LogP contribution in [0.2, 0.25) is 0 Å². The largest absolute Gasteiger partial charge is 0.497 e. The molecule has 0 aliphatic heterocycles. The average molecular weight is 295 g/mol. The molecule has 0 fully saturated rings. The standard InChI is InChI=1S/C15H21NO5/c1-15(2,3)21-14(19)16(4)9-10-6-11(13(17)18)8-12(7-10)20-5/h6-8H,9H2,1-5H3,(H,17,18). The highest BCUT2D eigenvalue weighted by molar-refractivity contribution is 5.88. The van der Waals surface area contributed by atoms with E-state index in [9.17, 15) is 9.59 Å². The molecule has 0 aliphatic rings. The number of ether oxygens (including phenoxy) is 2. The van der Waals surface area contributed by atoms with E-state index < -0.39 is 17.7 Å². The van der Waals surface area contributed by atoms with Crippen LogP contribution in [0.5, 0.6) is 5.75 Å². The molecule has 1 rings (SSSR count). The monoisotopic (exact) mass is 295 g/mol. The Hall–Kier alpha value is -2.24. The molecule has 21 heavy (non-hydrogen) atoms. The Bertz CT molecular complexity index is 533. The summed E-state index contributed by atoms with van der Waals surface area (Å²) in [5, 5.41) is 9.06. The Morgan fingerprint density at radius 3 is 2.33 bits per heavy atom. The molecule has 0 aliphatic carbocycles. The number of methoxy groups -OCH3 is 1. The fraction of sp³-hybridized carbons (Fsp3) is 0.467. The Balaban J connectivity index is 2.89. The molecule has 116 valence electrons. The van der Waals surface area contributed by atoms with Crippen molar-refractivity contribution in [2.75, 3.05) is 14.2 Å². The van der Waals surface area contributed by atoms with E-state index in [1.165, 1.54) is 24.1 Å². The molecule has 6 heteroatoms. The molecular weight excluding hydrogens is 274 g/mol. The molecule has 1 aromatic carbocycles. The third-order valence-corrected chi connectivity index (χ3v) is 2.57. The number of carboxylic acid groups (broad SMARTS) is 1. The van der Waals surface area contributed by atoms with Gasteiger partial charge in [-0.15, -0.1) is 0 Å². The van der Waals surface area contributed by atoms with Crippen molar-refractivity contribution >= 4 is 12.1 Å². The first-order valence-electron chi connectivity index (χ1n) is 6.48. The lowest BCUT2D eigenvalue weighted by Gasteiger charge is -2.24. The van der Waals surface area contributed by atoms with Crippen molar-refractivity contribution < 1.29 is 24.2 Å². The van der Waals surface area contributed by atoms with Crippen molar-refractivity contribution in [3.63, 3.8) is 0 Å². The second kappa shape index (κ2) is 6.47. The number of aromatic carboxylic acids is 1. The summed E-state index contributed by atoms with van der Waals surface area (Å²) >= 11 is 0. The van der Waals surface area contributed by atoms with E-state index in [2.05, 4.69) is 0 Å². The maximum Gasteiger partial charge on any atom is 0.410 e. The molecule has 6 nitrogen and oxygen atoms in total. The predicted octanol–water partition coefficient (Wildman–Crippen LogP) is 2.76. The molecule has 0 radical (unpaired) electrons. The summed E-state index contributed by atoms with van der Waals surface area (Å²) in [6, 6.07) is 4.62. The SMILES string of the molecule is COc1cc(CN(C)C(=O)OC(C)(C)C)cc(C(=O)O)c1. The van der Waals surface area contributed by atoms with Crippen LogP contribution in [0.15, 0.2) is 18.2 Å². The molecule has 0 unspecified atom stereocenters. The zero-order valence-electron chi connectivity index (χ0n) is 13.0. The molecule has 0 bridgehead atoms. The van der Waals surface area contributed by atoms with Gasteiger partial charge in [0.2, 0.25) is 0 Å². The van der Waals surface area contributed by atoms with Gasteiger partial charge in [-0.25, -0.2) is 9.59 Å². The molecule has 0 spiro atoms. The lowest BCUT2D eigenvalue weighted by molar-refractivity contribution is 0.0285. The molecule has 0 atom stereocenters. The van der Waals surface area contributed by atoms with Gasteiger partial charge in [-0.3, -0.25) is 0 Å². The number of carbonyl (C=O) groups is 2. The minimum atomic E-state index is -1.05. The zero-order chi connectivity index (χ0) is 16.2. The Kier molecular flexibility index (Phi) is 5.18. The Morgan fingerprint density at radius 1 is 1.24 bits per heavy atom. The highest BCUT2D eigenvalue weighted by Gasteiger charge is 2.20. The van der Waals surface area contributed by atoms with Crippen LogP contribution in [0.4, 0.5) is 4.79 Å². The van der Waals surface area contributed by atoms with Crippen LogP contribution in [0.3, 0.4) is 0 Å². The predicted molar refractivity (Wildman–Crippen MR) is 77.7 cm³/mol. The average Bonchev–Trinajstić information content (AvgIpc) is 2.36. The van der Waals surface area contributed by atoms with Gasteiger partial charge in [-0.05, 0) is 44.5 Å². The van der Waals surface area contributed by atoms with E-state index >= 15 is 0 Å². The Labute approximate surface area is 124 Å². The topological polar surface area (TPSA) is 76.1 Å². The number of carboxylic acids is 1. The van der Waals surface area contributed by atoms with Crippen LogP contribution in [0.25, 0.3) is 0 Å². The van der Waals surface area contributed by atoms with E-state index in [4.69, 9.17) is 14.6 Å². The van der Waals surface area contributed by atoms with Gasteiger partial charge in [-0.1, -0.05) is 0 Å².